The topological polar surface area (TPSA) is 33.1 Å². The van der Waals surface area contributed by atoms with Crippen LogP contribution in [0.25, 0.3) is 10.2 Å². The predicted octanol–water partition coefficient (Wildman–Crippen LogP) is 3.32. The molecule has 1 N–H and O–H groups in total. The van der Waals surface area contributed by atoms with Gasteiger partial charge in [0.2, 0.25) is 0 Å². The highest BCUT2D eigenvalue weighted by molar-refractivity contribution is 7.18. The molecule has 0 bridgehead atoms. The zero-order valence-corrected chi connectivity index (χ0v) is 10.4. The minimum atomic E-state index is 0.218. The van der Waals surface area contributed by atoms with Crippen molar-refractivity contribution in [1.29, 1.82) is 0 Å². The number of aromatic nitrogens is 1. The van der Waals surface area contributed by atoms with Crippen molar-refractivity contribution >= 4 is 21.6 Å². The maximum Gasteiger partial charge on any atom is 0.143 e. The lowest BCUT2D eigenvalue weighted by Gasteiger charge is -1.95. The van der Waals surface area contributed by atoms with Crippen molar-refractivity contribution in [1.82, 2.24) is 4.98 Å². The number of benzene rings is 1. The summed E-state index contributed by atoms with van der Waals surface area (Å²) < 4.78 is 0.991. The van der Waals surface area contributed by atoms with Gasteiger partial charge in [-0.15, -0.1) is 11.3 Å². The van der Waals surface area contributed by atoms with Crippen molar-refractivity contribution in [2.24, 2.45) is 5.92 Å². The third-order valence-electron chi connectivity index (χ3n) is 2.09. The lowest BCUT2D eigenvalue weighted by atomic mass is 10.1. The van der Waals surface area contributed by atoms with Crippen LogP contribution in [-0.2, 0) is 0 Å². The van der Waals surface area contributed by atoms with Gasteiger partial charge < -0.3 is 5.11 Å². The molecule has 0 aliphatic heterocycles. The summed E-state index contributed by atoms with van der Waals surface area (Å²) in [5, 5.41) is 10.8. The molecule has 16 heavy (non-hydrogen) atoms. The summed E-state index contributed by atoms with van der Waals surface area (Å²) in [6, 6.07) is 3.66. The number of nitrogens with zero attached hydrogens (tertiary/aromatic N) is 1. The number of phenols is 1. The van der Waals surface area contributed by atoms with Gasteiger partial charge >= 0.3 is 0 Å². The number of thiazole rings is 1. The number of phenolic OH excluding ortho intramolecular Hbond substituents is 1. The van der Waals surface area contributed by atoms with Crippen LogP contribution in [0.1, 0.15) is 24.4 Å². The van der Waals surface area contributed by atoms with Crippen LogP contribution in [0.5, 0.6) is 5.75 Å². The number of rotatable bonds is 0. The van der Waals surface area contributed by atoms with Gasteiger partial charge in [0.15, 0.2) is 0 Å². The lowest BCUT2D eigenvalue weighted by Crippen LogP contribution is -1.80. The fraction of sp³-hybridized carbons (Fsp3) is 0.308. The van der Waals surface area contributed by atoms with Gasteiger partial charge in [0.05, 0.1) is 9.71 Å². The zero-order valence-electron chi connectivity index (χ0n) is 9.53. The minimum absolute atomic E-state index is 0.218. The van der Waals surface area contributed by atoms with Crippen molar-refractivity contribution in [2.45, 2.75) is 20.8 Å². The molecule has 0 atom stereocenters. The van der Waals surface area contributed by atoms with Gasteiger partial charge in [-0.25, -0.2) is 4.98 Å². The Bertz CT molecular complexity index is 587. The average molecular weight is 231 g/mol. The molecule has 2 nitrogen and oxygen atoms in total. The van der Waals surface area contributed by atoms with Gasteiger partial charge in [-0.3, -0.25) is 0 Å². The molecular formula is C13H13NOS. The molecule has 0 unspecified atom stereocenters. The van der Waals surface area contributed by atoms with Crippen LogP contribution in [0.4, 0.5) is 0 Å². The highest BCUT2D eigenvalue weighted by Crippen LogP contribution is 2.30. The summed E-state index contributed by atoms with van der Waals surface area (Å²) >= 11 is 1.58. The fourth-order valence-electron chi connectivity index (χ4n) is 1.42. The fourth-order valence-corrected chi connectivity index (χ4v) is 2.31. The summed E-state index contributed by atoms with van der Waals surface area (Å²) in [6.07, 6.45) is 0. The van der Waals surface area contributed by atoms with Crippen LogP contribution in [0.15, 0.2) is 12.1 Å². The van der Waals surface area contributed by atoms with E-state index in [9.17, 15) is 5.11 Å². The molecule has 3 heteroatoms. The van der Waals surface area contributed by atoms with Gasteiger partial charge in [0, 0.05) is 11.5 Å². The van der Waals surface area contributed by atoms with Crippen molar-refractivity contribution in [3.63, 3.8) is 0 Å². The number of aryl methyl sites for hydroxylation is 1. The second-order valence-corrected chi connectivity index (χ2v) is 5.23. The molecule has 0 spiro atoms. The van der Waals surface area contributed by atoms with Gasteiger partial charge in [0.1, 0.15) is 11.3 Å². The number of aromatic hydroxyl groups is 1. The molecule has 0 aliphatic carbocycles. The SMILES string of the molecule is Cc1nc2c(O)cc(C#CC(C)C)cc2s1. The minimum Gasteiger partial charge on any atom is -0.506 e. The van der Waals surface area contributed by atoms with E-state index in [1.807, 2.05) is 26.8 Å². The Morgan fingerprint density at radius 2 is 2.12 bits per heavy atom. The van der Waals surface area contributed by atoms with Crippen molar-refractivity contribution < 1.29 is 5.11 Å². The van der Waals surface area contributed by atoms with Gasteiger partial charge in [-0.1, -0.05) is 25.7 Å². The number of hydrogen-bond donors (Lipinski definition) is 1. The van der Waals surface area contributed by atoms with E-state index < -0.39 is 0 Å². The van der Waals surface area contributed by atoms with Crippen LogP contribution in [-0.4, -0.2) is 10.1 Å². The van der Waals surface area contributed by atoms with Crippen LogP contribution in [0.3, 0.4) is 0 Å². The lowest BCUT2D eigenvalue weighted by molar-refractivity contribution is 0.480. The summed E-state index contributed by atoms with van der Waals surface area (Å²) in [4.78, 5) is 4.27. The summed E-state index contributed by atoms with van der Waals surface area (Å²) in [5.41, 5.74) is 1.53. The van der Waals surface area contributed by atoms with Crippen molar-refractivity contribution in [2.75, 3.05) is 0 Å². The first-order chi connectivity index (χ1) is 7.56. The Hall–Kier alpha value is -1.53. The first-order valence-electron chi connectivity index (χ1n) is 5.18. The predicted molar refractivity (Wildman–Crippen MR) is 67.7 cm³/mol. The Morgan fingerprint density at radius 3 is 2.81 bits per heavy atom. The first-order valence-corrected chi connectivity index (χ1v) is 5.99. The molecule has 1 aromatic carbocycles. The van der Waals surface area contributed by atoms with Gasteiger partial charge in [-0.05, 0) is 19.1 Å². The Labute approximate surface area is 99.0 Å². The van der Waals surface area contributed by atoms with E-state index in [0.29, 0.717) is 11.4 Å². The maximum absolute atomic E-state index is 9.81. The molecule has 0 saturated carbocycles. The molecule has 2 rings (SSSR count). The van der Waals surface area contributed by atoms with E-state index >= 15 is 0 Å². The zero-order chi connectivity index (χ0) is 11.7. The van der Waals surface area contributed by atoms with E-state index in [2.05, 4.69) is 16.8 Å². The molecule has 0 amide bonds. The molecule has 0 saturated heterocycles. The highest BCUT2D eigenvalue weighted by atomic mass is 32.1. The molecule has 1 heterocycles. The largest absolute Gasteiger partial charge is 0.506 e. The van der Waals surface area contributed by atoms with E-state index in [1.165, 1.54) is 0 Å². The normalized spacial score (nSPS) is 10.5. The van der Waals surface area contributed by atoms with E-state index in [1.54, 1.807) is 17.4 Å². The molecule has 82 valence electrons. The molecular weight excluding hydrogens is 218 g/mol. The smallest absolute Gasteiger partial charge is 0.143 e. The average Bonchev–Trinajstić information content (AvgIpc) is 2.56. The molecule has 1 aromatic heterocycles. The molecule has 0 radical (unpaired) electrons. The van der Waals surface area contributed by atoms with E-state index in [0.717, 1.165) is 15.3 Å². The molecule has 0 fully saturated rings. The quantitative estimate of drug-likeness (QED) is 0.705. The third-order valence-corrected chi connectivity index (χ3v) is 3.00. The van der Waals surface area contributed by atoms with Crippen molar-refractivity contribution in [3.8, 4) is 17.6 Å². The highest BCUT2D eigenvalue weighted by Gasteiger charge is 2.06. The second kappa shape index (κ2) is 4.15. The van der Waals surface area contributed by atoms with E-state index in [-0.39, 0.29) is 5.75 Å². The standard InChI is InChI=1S/C13H13NOS/c1-8(2)4-5-10-6-11(15)13-12(7-10)16-9(3)14-13/h6-8,15H,1-3H3. The summed E-state index contributed by atoms with van der Waals surface area (Å²) in [5.74, 6) is 6.69. The van der Waals surface area contributed by atoms with E-state index in [4.69, 9.17) is 0 Å². The monoisotopic (exact) mass is 231 g/mol. The Balaban J connectivity index is 2.54. The summed E-state index contributed by atoms with van der Waals surface area (Å²) in [6.45, 7) is 6.02. The van der Waals surface area contributed by atoms with Crippen LogP contribution < -0.4 is 0 Å². The Morgan fingerprint density at radius 1 is 1.38 bits per heavy atom. The maximum atomic E-state index is 9.81. The van der Waals surface area contributed by atoms with Crippen molar-refractivity contribution in [3.05, 3.63) is 22.7 Å². The second-order valence-electron chi connectivity index (χ2n) is 4.00. The Kier molecular flexibility index (Phi) is 2.84. The number of fused-ring (bicyclic) bond motifs is 1. The third kappa shape index (κ3) is 2.17. The number of hydrogen-bond acceptors (Lipinski definition) is 3. The van der Waals surface area contributed by atoms with Gasteiger partial charge in [0.25, 0.3) is 0 Å². The van der Waals surface area contributed by atoms with Gasteiger partial charge in [-0.2, -0.15) is 0 Å². The summed E-state index contributed by atoms with van der Waals surface area (Å²) in [7, 11) is 0. The molecule has 0 aliphatic rings. The van der Waals surface area contributed by atoms with Crippen LogP contribution in [0.2, 0.25) is 0 Å². The molecule has 2 aromatic rings. The van der Waals surface area contributed by atoms with Crippen LogP contribution >= 0.6 is 11.3 Å². The van der Waals surface area contributed by atoms with Crippen LogP contribution in [0, 0.1) is 24.7 Å². The first kappa shape index (κ1) is 11.0.